The molecule has 5 heteroatoms. The van der Waals surface area contributed by atoms with Crippen molar-refractivity contribution >= 4 is 41.7 Å². The van der Waals surface area contributed by atoms with E-state index in [1.807, 2.05) is 0 Å². The Morgan fingerprint density at radius 1 is 1.27 bits per heavy atom. The summed E-state index contributed by atoms with van der Waals surface area (Å²) in [5.41, 5.74) is 0.547. The molecule has 78 valence electrons. The van der Waals surface area contributed by atoms with Crippen LogP contribution in [0.25, 0.3) is 0 Å². The zero-order valence-corrected chi connectivity index (χ0v) is 9.33. The van der Waals surface area contributed by atoms with Crippen LogP contribution in [-0.4, -0.2) is 17.1 Å². The Labute approximate surface area is 97.4 Å². The molecule has 1 aromatic rings. The maximum Gasteiger partial charge on any atom is 0.247 e. The number of benzene rings is 1. The van der Waals surface area contributed by atoms with E-state index in [-0.39, 0.29) is 18.2 Å². The smallest absolute Gasteiger partial charge is 0.247 e. The van der Waals surface area contributed by atoms with E-state index < -0.39 is 5.25 Å². The maximum atomic E-state index is 11.6. The number of carbonyl (C=O) groups is 2. The fourth-order valence-corrected chi connectivity index (χ4v) is 1.87. The number of nitrogens with zero attached hydrogens (tertiary/aromatic N) is 1. The summed E-state index contributed by atoms with van der Waals surface area (Å²) in [4.78, 5) is 24.2. The molecule has 1 unspecified atom stereocenters. The minimum Gasteiger partial charge on any atom is -0.274 e. The number of carbonyl (C=O) groups excluding carboxylic acids is 2. The fourth-order valence-electron chi connectivity index (χ4n) is 1.48. The summed E-state index contributed by atoms with van der Waals surface area (Å²) in [6, 6.07) is 6.57. The lowest BCUT2D eigenvalue weighted by Gasteiger charge is -2.13. The van der Waals surface area contributed by atoms with Gasteiger partial charge in [0.1, 0.15) is 0 Å². The van der Waals surface area contributed by atoms with Gasteiger partial charge in [-0.05, 0) is 24.3 Å². The number of anilines is 1. The van der Waals surface area contributed by atoms with Crippen LogP contribution in [0.3, 0.4) is 0 Å². The van der Waals surface area contributed by atoms with Crippen LogP contribution in [0.1, 0.15) is 6.42 Å². The molecule has 0 aromatic heterocycles. The second-order valence-electron chi connectivity index (χ2n) is 3.26. The average molecular weight is 242 g/mol. The standard InChI is InChI=1S/C10H8ClNO2S/c11-6-1-3-7(4-2-6)12-9(13)5-8(15)10(12)14/h1-4,8,15H,5H2. The molecule has 0 saturated carbocycles. The van der Waals surface area contributed by atoms with Gasteiger partial charge in [0, 0.05) is 11.4 Å². The predicted octanol–water partition coefficient (Wildman–Crippen LogP) is 1.90. The Bertz CT molecular complexity index is 418. The summed E-state index contributed by atoms with van der Waals surface area (Å²) in [6.45, 7) is 0. The van der Waals surface area contributed by atoms with Crippen LogP contribution in [0.5, 0.6) is 0 Å². The van der Waals surface area contributed by atoms with Gasteiger partial charge in [0.05, 0.1) is 10.9 Å². The minimum atomic E-state index is -0.520. The monoisotopic (exact) mass is 241 g/mol. The summed E-state index contributed by atoms with van der Waals surface area (Å²) in [5, 5.41) is 0.0495. The summed E-state index contributed by atoms with van der Waals surface area (Å²) in [6.07, 6.45) is 0.157. The van der Waals surface area contributed by atoms with Gasteiger partial charge >= 0.3 is 0 Å². The Morgan fingerprint density at radius 3 is 2.33 bits per heavy atom. The molecule has 1 aliphatic heterocycles. The van der Waals surface area contributed by atoms with Gasteiger partial charge in [-0.3, -0.25) is 9.59 Å². The lowest BCUT2D eigenvalue weighted by Crippen LogP contribution is -2.30. The Balaban J connectivity index is 2.35. The van der Waals surface area contributed by atoms with E-state index in [0.717, 1.165) is 4.90 Å². The molecule has 1 heterocycles. The Hall–Kier alpha value is -1.00. The molecule has 1 fully saturated rings. The van der Waals surface area contributed by atoms with Gasteiger partial charge in [0.15, 0.2) is 0 Å². The second kappa shape index (κ2) is 3.87. The van der Waals surface area contributed by atoms with Crippen LogP contribution < -0.4 is 4.90 Å². The molecule has 15 heavy (non-hydrogen) atoms. The number of hydrogen-bond donors (Lipinski definition) is 1. The zero-order valence-electron chi connectivity index (χ0n) is 7.68. The van der Waals surface area contributed by atoms with Crippen LogP contribution >= 0.6 is 24.2 Å². The van der Waals surface area contributed by atoms with E-state index in [4.69, 9.17) is 11.6 Å². The number of imide groups is 1. The number of rotatable bonds is 1. The molecular formula is C10H8ClNO2S. The van der Waals surface area contributed by atoms with Crippen molar-refractivity contribution in [3.8, 4) is 0 Å². The number of halogens is 1. The molecule has 0 bridgehead atoms. The van der Waals surface area contributed by atoms with E-state index in [1.54, 1.807) is 24.3 Å². The van der Waals surface area contributed by atoms with Crippen molar-refractivity contribution in [2.24, 2.45) is 0 Å². The number of amides is 2. The van der Waals surface area contributed by atoms with Crippen LogP contribution in [0.4, 0.5) is 5.69 Å². The summed E-state index contributed by atoms with van der Waals surface area (Å²) < 4.78 is 0. The molecule has 0 aliphatic carbocycles. The van der Waals surface area contributed by atoms with E-state index in [9.17, 15) is 9.59 Å². The van der Waals surface area contributed by atoms with E-state index in [1.165, 1.54) is 0 Å². The fraction of sp³-hybridized carbons (Fsp3) is 0.200. The Morgan fingerprint density at radius 2 is 1.87 bits per heavy atom. The molecular weight excluding hydrogens is 234 g/mol. The molecule has 0 radical (unpaired) electrons. The quantitative estimate of drug-likeness (QED) is 0.602. The van der Waals surface area contributed by atoms with Gasteiger partial charge in [0.2, 0.25) is 11.8 Å². The highest BCUT2D eigenvalue weighted by Gasteiger charge is 2.37. The van der Waals surface area contributed by atoms with Crippen molar-refractivity contribution in [2.75, 3.05) is 4.90 Å². The highest BCUT2D eigenvalue weighted by molar-refractivity contribution is 7.82. The molecule has 1 aromatic carbocycles. The van der Waals surface area contributed by atoms with Crippen molar-refractivity contribution in [2.45, 2.75) is 11.7 Å². The highest BCUT2D eigenvalue weighted by Crippen LogP contribution is 2.26. The topological polar surface area (TPSA) is 37.4 Å². The van der Waals surface area contributed by atoms with Crippen LogP contribution in [0.2, 0.25) is 5.02 Å². The van der Waals surface area contributed by atoms with Crippen LogP contribution in [0.15, 0.2) is 24.3 Å². The lowest BCUT2D eigenvalue weighted by molar-refractivity contribution is -0.121. The minimum absolute atomic E-state index is 0.157. The van der Waals surface area contributed by atoms with Crippen molar-refractivity contribution < 1.29 is 9.59 Å². The predicted molar refractivity (Wildman–Crippen MR) is 61.3 cm³/mol. The summed E-state index contributed by atoms with van der Waals surface area (Å²) >= 11 is 9.75. The molecule has 0 spiro atoms. The normalized spacial score (nSPS) is 21.2. The third-order valence-corrected chi connectivity index (χ3v) is 2.86. The van der Waals surface area contributed by atoms with Gasteiger partial charge in [-0.1, -0.05) is 11.6 Å². The van der Waals surface area contributed by atoms with E-state index in [0.29, 0.717) is 10.7 Å². The maximum absolute atomic E-state index is 11.6. The van der Waals surface area contributed by atoms with E-state index >= 15 is 0 Å². The molecule has 2 amide bonds. The SMILES string of the molecule is O=C1CC(S)C(=O)N1c1ccc(Cl)cc1. The van der Waals surface area contributed by atoms with Crippen molar-refractivity contribution in [3.63, 3.8) is 0 Å². The molecule has 1 atom stereocenters. The van der Waals surface area contributed by atoms with Gasteiger partial charge < -0.3 is 0 Å². The van der Waals surface area contributed by atoms with Crippen LogP contribution in [-0.2, 0) is 9.59 Å². The van der Waals surface area contributed by atoms with Crippen molar-refractivity contribution in [3.05, 3.63) is 29.3 Å². The first-order valence-electron chi connectivity index (χ1n) is 4.40. The van der Waals surface area contributed by atoms with Crippen molar-refractivity contribution in [1.82, 2.24) is 0 Å². The Kier molecular flexibility index (Phi) is 2.71. The van der Waals surface area contributed by atoms with Gasteiger partial charge in [-0.15, -0.1) is 0 Å². The first-order valence-corrected chi connectivity index (χ1v) is 5.29. The van der Waals surface area contributed by atoms with Gasteiger partial charge in [0.25, 0.3) is 0 Å². The highest BCUT2D eigenvalue weighted by atomic mass is 35.5. The molecule has 1 saturated heterocycles. The van der Waals surface area contributed by atoms with E-state index in [2.05, 4.69) is 12.6 Å². The molecule has 0 N–H and O–H groups in total. The largest absolute Gasteiger partial charge is 0.274 e. The third kappa shape index (κ3) is 1.87. The lowest BCUT2D eigenvalue weighted by atomic mass is 10.3. The molecule has 3 nitrogen and oxygen atoms in total. The van der Waals surface area contributed by atoms with Gasteiger partial charge in [-0.2, -0.15) is 12.6 Å². The first-order chi connectivity index (χ1) is 7.09. The molecule has 2 rings (SSSR count). The second-order valence-corrected chi connectivity index (χ2v) is 4.32. The molecule has 1 aliphatic rings. The summed E-state index contributed by atoms with van der Waals surface area (Å²) in [5.74, 6) is -0.493. The average Bonchev–Trinajstić information content (AvgIpc) is 2.44. The number of hydrogen-bond acceptors (Lipinski definition) is 3. The van der Waals surface area contributed by atoms with Crippen molar-refractivity contribution in [1.29, 1.82) is 0 Å². The van der Waals surface area contributed by atoms with Gasteiger partial charge in [-0.25, -0.2) is 4.90 Å². The van der Waals surface area contributed by atoms with Crippen LogP contribution in [0, 0.1) is 0 Å². The number of thiol groups is 1. The first kappa shape index (κ1) is 10.5. The zero-order chi connectivity index (χ0) is 11.0. The summed E-state index contributed by atoms with van der Waals surface area (Å²) in [7, 11) is 0. The third-order valence-electron chi connectivity index (χ3n) is 2.21.